The van der Waals surface area contributed by atoms with E-state index in [2.05, 4.69) is 82.0 Å². The van der Waals surface area contributed by atoms with E-state index in [1.165, 1.54) is 16.7 Å². The summed E-state index contributed by atoms with van der Waals surface area (Å²) in [6.45, 7) is 7.78. The van der Waals surface area contributed by atoms with Crippen LogP contribution in [0.3, 0.4) is 0 Å². The summed E-state index contributed by atoms with van der Waals surface area (Å²) < 4.78 is 10.4. The molecule has 1 aromatic heterocycles. The Morgan fingerprint density at radius 3 is 2.44 bits per heavy atom. The lowest BCUT2D eigenvalue weighted by Crippen LogP contribution is -2.38. The molecule has 0 unspecified atom stereocenters. The van der Waals surface area contributed by atoms with Gasteiger partial charge in [-0.05, 0) is 48.3 Å². The molecule has 2 aromatic carbocycles. The van der Waals surface area contributed by atoms with Crippen molar-refractivity contribution in [1.82, 2.24) is 19.2 Å². The van der Waals surface area contributed by atoms with Gasteiger partial charge in [-0.1, -0.05) is 54.6 Å². The third-order valence-electron chi connectivity index (χ3n) is 6.24. The van der Waals surface area contributed by atoms with Gasteiger partial charge in [-0.15, -0.1) is 5.10 Å². The van der Waals surface area contributed by atoms with Gasteiger partial charge in [-0.25, -0.2) is 4.68 Å². The highest BCUT2D eigenvalue weighted by molar-refractivity contribution is 7.71. The van der Waals surface area contributed by atoms with Crippen LogP contribution < -0.4 is 4.90 Å². The molecule has 5 rings (SSSR count). The largest absolute Gasteiger partial charge is 0.378 e. The highest BCUT2D eigenvalue weighted by atomic mass is 32.1. The van der Waals surface area contributed by atoms with Crippen LogP contribution in [0.25, 0.3) is 11.3 Å². The predicted octanol–water partition coefficient (Wildman–Crippen LogP) is 4.30. The van der Waals surface area contributed by atoms with Crippen molar-refractivity contribution in [2.75, 3.05) is 44.3 Å². The highest BCUT2D eigenvalue weighted by Gasteiger charge is 2.23. The Balaban J connectivity index is 1.43. The molecule has 3 aromatic rings. The topological polar surface area (TPSA) is 38.5 Å². The van der Waals surface area contributed by atoms with Crippen LogP contribution in [0.2, 0.25) is 0 Å². The van der Waals surface area contributed by atoms with Crippen molar-refractivity contribution >= 4 is 23.7 Å². The highest BCUT2D eigenvalue weighted by Crippen LogP contribution is 2.25. The van der Waals surface area contributed by atoms with E-state index in [1.807, 2.05) is 4.68 Å². The first-order valence-corrected chi connectivity index (χ1v) is 11.7. The molecule has 1 fully saturated rings. The van der Waals surface area contributed by atoms with Crippen LogP contribution in [-0.4, -0.2) is 58.6 Å². The van der Waals surface area contributed by atoms with E-state index in [1.54, 1.807) is 0 Å². The summed E-state index contributed by atoms with van der Waals surface area (Å²) in [4.78, 5) is 4.69. The zero-order valence-electron chi connectivity index (χ0n) is 18.5. The van der Waals surface area contributed by atoms with Crippen LogP contribution in [0.15, 0.2) is 60.7 Å². The zero-order valence-corrected chi connectivity index (χ0v) is 19.3. The van der Waals surface area contributed by atoms with Crippen molar-refractivity contribution in [3.8, 4) is 5.69 Å². The third-order valence-corrected chi connectivity index (χ3v) is 6.64. The molecular weight excluding hydrogens is 418 g/mol. The molecule has 3 heterocycles. The van der Waals surface area contributed by atoms with E-state index in [-0.39, 0.29) is 0 Å². The Morgan fingerprint density at radius 2 is 1.72 bits per heavy atom. The number of hydrogen-bond donors (Lipinski definition) is 0. The van der Waals surface area contributed by atoms with Gasteiger partial charge in [0.15, 0.2) is 0 Å². The number of morpholine rings is 1. The Kier molecular flexibility index (Phi) is 6.21. The molecule has 0 bridgehead atoms. The van der Waals surface area contributed by atoms with Crippen LogP contribution in [0.5, 0.6) is 0 Å². The van der Waals surface area contributed by atoms with Gasteiger partial charge in [0.2, 0.25) is 10.7 Å². The molecule has 0 spiro atoms. The number of rotatable bonds is 5. The number of anilines is 1. The minimum absolute atomic E-state index is 0.688. The Labute approximate surface area is 194 Å². The summed E-state index contributed by atoms with van der Waals surface area (Å²) in [6, 6.07) is 19.0. The van der Waals surface area contributed by atoms with Gasteiger partial charge in [-0.2, -0.15) is 0 Å². The first-order valence-electron chi connectivity index (χ1n) is 11.3. The van der Waals surface area contributed by atoms with Crippen LogP contribution in [-0.2, 0) is 11.4 Å². The molecule has 0 atom stereocenters. The molecular formula is C25H29N5OS. The number of aromatic nitrogens is 3. The Morgan fingerprint density at radius 1 is 0.969 bits per heavy atom. The van der Waals surface area contributed by atoms with Crippen LogP contribution in [0.4, 0.5) is 5.95 Å². The first kappa shape index (κ1) is 21.1. The van der Waals surface area contributed by atoms with E-state index in [9.17, 15) is 0 Å². The second-order valence-corrected chi connectivity index (χ2v) is 8.73. The average Bonchev–Trinajstić information content (AvgIpc) is 3.17. The molecule has 6 nitrogen and oxygen atoms in total. The lowest BCUT2D eigenvalue weighted by molar-refractivity contribution is 0.121. The molecule has 0 radical (unpaired) electrons. The molecule has 0 amide bonds. The van der Waals surface area contributed by atoms with Gasteiger partial charge in [0.25, 0.3) is 0 Å². The van der Waals surface area contributed by atoms with Gasteiger partial charge in [0, 0.05) is 26.2 Å². The summed E-state index contributed by atoms with van der Waals surface area (Å²) in [5.41, 5.74) is 5.02. The molecule has 2 aliphatic rings. The fraction of sp³-hybridized carbons (Fsp3) is 0.360. The van der Waals surface area contributed by atoms with Crippen molar-refractivity contribution in [2.24, 2.45) is 0 Å². The van der Waals surface area contributed by atoms with Gasteiger partial charge in [0.05, 0.1) is 25.6 Å². The zero-order chi connectivity index (χ0) is 21.9. The van der Waals surface area contributed by atoms with Crippen molar-refractivity contribution < 1.29 is 4.74 Å². The SMILES string of the molecule is Cc1ccccc1-n1c(N2CCOCC2)nn(CN2CC=C(c3ccccc3)CC2)c1=S. The van der Waals surface area contributed by atoms with Crippen LogP contribution in [0, 0.1) is 11.7 Å². The van der Waals surface area contributed by atoms with Crippen LogP contribution in [0.1, 0.15) is 17.5 Å². The van der Waals surface area contributed by atoms with Gasteiger partial charge >= 0.3 is 0 Å². The number of nitrogens with zero attached hydrogens (tertiary/aromatic N) is 5. The average molecular weight is 448 g/mol. The predicted molar refractivity (Wildman–Crippen MR) is 131 cm³/mol. The molecule has 1 saturated heterocycles. The lowest BCUT2D eigenvalue weighted by atomic mass is 10.00. The summed E-state index contributed by atoms with van der Waals surface area (Å²) in [5.74, 6) is 0.908. The van der Waals surface area contributed by atoms with E-state index in [4.69, 9.17) is 22.1 Å². The Hall–Kier alpha value is -2.74. The van der Waals surface area contributed by atoms with Gasteiger partial charge in [-0.3, -0.25) is 9.47 Å². The summed E-state index contributed by atoms with van der Waals surface area (Å²) in [6.07, 6.45) is 3.37. The van der Waals surface area contributed by atoms with Crippen molar-refractivity contribution in [3.63, 3.8) is 0 Å². The van der Waals surface area contributed by atoms with Crippen molar-refractivity contribution in [3.05, 3.63) is 76.6 Å². The lowest BCUT2D eigenvalue weighted by Gasteiger charge is -2.28. The molecule has 2 aliphatic heterocycles. The number of ether oxygens (including phenoxy) is 1. The molecule has 0 saturated carbocycles. The summed E-state index contributed by atoms with van der Waals surface area (Å²) >= 11 is 5.96. The second-order valence-electron chi connectivity index (χ2n) is 8.37. The van der Waals surface area contributed by atoms with E-state index in [0.717, 1.165) is 49.0 Å². The Bertz CT molecular complexity index is 1160. The smallest absolute Gasteiger partial charge is 0.230 e. The molecule has 0 N–H and O–H groups in total. The maximum absolute atomic E-state index is 5.96. The van der Waals surface area contributed by atoms with Crippen molar-refractivity contribution in [2.45, 2.75) is 20.0 Å². The third kappa shape index (κ3) is 4.28. The normalized spacial score (nSPS) is 17.4. The minimum atomic E-state index is 0.688. The fourth-order valence-corrected chi connectivity index (χ4v) is 4.70. The van der Waals surface area contributed by atoms with E-state index >= 15 is 0 Å². The number of hydrogen-bond acceptors (Lipinski definition) is 5. The van der Waals surface area contributed by atoms with E-state index in [0.29, 0.717) is 19.9 Å². The maximum atomic E-state index is 5.96. The quantitative estimate of drug-likeness (QED) is 0.546. The standard InChI is InChI=1S/C25H29N5OS/c1-20-7-5-6-10-23(20)30-24(28-15-17-31-18-16-28)26-29(25(30)32)19-27-13-11-22(12-14-27)21-8-3-2-4-9-21/h2-11H,12-19H2,1H3. The second kappa shape index (κ2) is 9.40. The monoisotopic (exact) mass is 447 g/mol. The number of para-hydroxylation sites is 1. The van der Waals surface area contributed by atoms with Gasteiger partial charge in [0.1, 0.15) is 0 Å². The fourth-order valence-electron chi connectivity index (χ4n) is 4.43. The number of benzene rings is 2. The number of aryl methyl sites for hydroxylation is 1. The molecule has 166 valence electrons. The molecule has 32 heavy (non-hydrogen) atoms. The summed E-state index contributed by atoms with van der Waals surface area (Å²) in [7, 11) is 0. The van der Waals surface area contributed by atoms with E-state index < -0.39 is 0 Å². The van der Waals surface area contributed by atoms with Crippen molar-refractivity contribution in [1.29, 1.82) is 0 Å². The van der Waals surface area contributed by atoms with Crippen LogP contribution >= 0.6 is 12.2 Å². The molecule has 7 heteroatoms. The summed E-state index contributed by atoms with van der Waals surface area (Å²) in [5, 5.41) is 5.01. The van der Waals surface area contributed by atoms with Gasteiger partial charge < -0.3 is 9.64 Å². The first-order chi connectivity index (χ1) is 15.7. The maximum Gasteiger partial charge on any atom is 0.230 e. The molecule has 0 aliphatic carbocycles. The minimum Gasteiger partial charge on any atom is -0.378 e.